The lowest BCUT2D eigenvalue weighted by molar-refractivity contribution is 0.0131. The van der Waals surface area contributed by atoms with Gasteiger partial charge in [0.1, 0.15) is 12.4 Å². The topological polar surface area (TPSA) is 114 Å². The van der Waals surface area contributed by atoms with Gasteiger partial charge < -0.3 is 14.2 Å². The van der Waals surface area contributed by atoms with Crippen LogP contribution in [0, 0.1) is 0 Å². The number of rotatable bonds is 12. The summed E-state index contributed by atoms with van der Waals surface area (Å²) in [6.07, 6.45) is 0.472. The van der Waals surface area contributed by atoms with E-state index in [0.29, 0.717) is 51.7 Å². The molecule has 0 N–H and O–H groups in total. The Bertz CT molecular complexity index is 963. The second kappa shape index (κ2) is 11.7. The lowest BCUT2D eigenvalue weighted by Gasteiger charge is -2.17. The van der Waals surface area contributed by atoms with Crippen LogP contribution in [0.2, 0.25) is 0 Å². The highest BCUT2D eigenvalue weighted by atomic mass is 32.2. The van der Waals surface area contributed by atoms with Gasteiger partial charge in [-0.15, -0.1) is 0 Å². The molecule has 31 heavy (non-hydrogen) atoms. The molecule has 0 unspecified atom stereocenters. The fraction of sp³-hybridized carbons (Fsp3) is 0.429. The van der Waals surface area contributed by atoms with Crippen LogP contribution in [0.4, 0.5) is 0 Å². The number of sulfonamides is 1. The monoisotopic (exact) mass is 446 g/mol. The summed E-state index contributed by atoms with van der Waals surface area (Å²) in [5, 5.41) is 3.38. The summed E-state index contributed by atoms with van der Waals surface area (Å²) >= 11 is 0. The molecule has 2 aromatic rings. The minimum absolute atomic E-state index is 0.163. The lowest BCUT2D eigenvalue weighted by atomic mass is 10.2. The summed E-state index contributed by atoms with van der Waals surface area (Å²) < 4.78 is 44.0. The van der Waals surface area contributed by atoms with E-state index >= 15 is 0 Å². The molecule has 0 saturated carbocycles. The van der Waals surface area contributed by atoms with Crippen molar-refractivity contribution in [3.63, 3.8) is 0 Å². The molecule has 0 amide bonds. The maximum atomic E-state index is 12.9. The van der Waals surface area contributed by atoms with Gasteiger partial charge in [-0.05, 0) is 41.8 Å². The molecule has 9 nitrogen and oxygen atoms in total. The Kier molecular flexibility index (Phi) is 8.69. The predicted octanol–water partition coefficient (Wildman–Crippen LogP) is 3.37. The van der Waals surface area contributed by atoms with Gasteiger partial charge in [-0.25, -0.2) is 8.42 Å². The minimum atomic E-state index is -3.58. The van der Waals surface area contributed by atoms with Crippen molar-refractivity contribution in [1.29, 1.82) is 0 Å². The highest BCUT2D eigenvalue weighted by molar-refractivity contribution is 7.89. The second-order valence-corrected chi connectivity index (χ2v) is 8.89. The Morgan fingerprint density at radius 3 is 2.58 bits per heavy atom. The number of ether oxygens (including phenoxy) is 3. The van der Waals surface area contributed by atoms with Crippen LogP contribution in [0.15, 0.2) is 64.6 Å². The van der Waals surface area contributed by atoms with Gasteiger partial charge in [-0.3, -0.25) is 0 Å². The van der Waals surface area contributed by atoms with Gasteiger partial charge in [0.05, 0.1) is 30.8 Å². The highest BCUT2D eigenvalue weighted by Crippen LogP contribution is 2.24. The maximum Gasteiger partial charge on any atom is 0.243 e. The van der Waals surface area contributed by atoms with Gasteiger partial charge >= 0.3 is 0 Å². The third-order valence-electron chi connectivity index (χ3n) is 4.80. The minimum Gasteiger partial charge on any atom is -0.489 e. The first-order valence-corrected chi connectivity index (χ1v) is 11.5. The molecular formula is C21H26N4O5S. The van der Waals surface area contributed by atoms with Crippen LogP contribution >= 0.6 is 0 Å². The number of hydrogen-bond donors (Lipinski definition) is 0. The molecule has 2 aromatic carbocycles. The van der Waals surface area contributed by atoms with Crippen molar-refractivity contribution in [1.82, 2.24) is 4.31 Å². The van der Waals surface area contributed by atoms with Gasteiger partial charge in [0.15, 0.2) is 0 Å². The van der Waals surface area contributed by atoms with Crippen LogP contribution in [0.25, 0.3) is 10.4 Å². The first-order chi connectivity index (χ1) is 15.1. The number of benzene rings is 2. The van der Waals surface area contributed by atoms with Gasteiger partial charge in [0.2, 0.25) is 10.0 Å². The van der Waals surface area contributed by atoms with Crippen LogP contribution in [-0.2, 0) is 26.1 Å². The van der Waals surface area contributed by atoms with E-state index in [1.165, 1.54) is 4.31 Å². The number of nitrogens with zero attached hydrogens (tertiary/aromatic N) is 4. The predicted molar refractivity (Wildman–Crippen MR) is 115 cm³/mol. The summed E-state index contributed by atoms with van der Waals surface area (Å²) in [6, 6.07) is 16.3. The van der Waals surface area contributed by atoms with E-state index in [1.807, 2.05) is 30.3 Å². The summed E-state index contributed by atoms with van der Waals surface area (Å²) in [6.45, 7) is 2.50. The van der Waals surface area contributed by atoms with E-state index < -0.39 is 10.0 Å². The van der Waals surface area contributed by atoms with Gasteiger partial charge in [-0.2, -0.15) is 4.31 Å². The highest BCUT2D eigenvalue weighted by Gasteiger charge is 2.33. The molecule has 10 heteroatoms. The number of hydrogen-bond acceptors (Lipinski definition) is 6. The fourth-order valence-electron chi connectivity index (χ4n) is 3.18. The molecule has 0 aromatic heterocycles. The zero-order chi connectivity index (χ0) is 21.9. The lowest BCUT2D eigenvalue weighted by Crippen LogP contribution is -2.30. The molecular weight excluding hydrogens is 420 g/mol. The van der Waals surface area contributed by atoms with Crippen molar-refractivity contribution in [3.8, 4) is 5.75 Å². The molecule has 0 bridgehead atoms. The average Bonchev–Trinajstić information content (AvgIpc) is 3.28. The van der Waals surface area contributed by atoms with Gasteiger partial charge in [0.25, 0.3) is 0 Å². The summed E-state index contributed by atoms with van der Waals surface area (Å²) in [7, 11) is -3.58. The van der Waals surface area contributed by atoms with Crippen molar-refractivity contribution in [2.24, 2.45) is 5.11 Å². The maximum absolute atomic E-state index is 12.9. The average molecular weight is 447 g/mol. The third-order valence-corrected chi connectivity index (χ3v) is 6.68. The largest absolute Gasteiger partial charge is 0.489 e. The Hall–Kier alpha value is -2.62. The Morgan fingerprint density at radius 2 is 1.84 bits per heavy atom. The normalized spacial score (nSPS) is 16.7. The SMILES string of the molecule is [N-]=[N+]=NCCOCCO[C@@H]1CCN(S(=O)(=O)c2ccc(OCc3ccccc3)cc2)C1. The molecule has 1 fully saturated rings. The molecule has 0 spiro atoms. The Balaban J connectivity index is 1.45. The van der Waals surface area contributed by atoms with Crippen LogP contribution in [-0.4, -0.2) is 58.3 Å². The van der Waals surface area contributed by atoms with E-state index in [-0.39, 0.29) is 17.5 Å². The first-order valence-electron chi connectivity index (χ1n) is 10.1. The smallest absolute Gasteiger partial charge is 0.243 e. The summed E-state index contributed by atoms with van der Waals surface area (Å²) in [4.78, 5) is 2.88. The van der Waals surface area contributed by atoms with E-state index in [1.54, 1.807) is 24.3 Å². The van der Waals surface area contributed by atoms with E-state index in [2.05, 4.69) is 10.0 Å². The molecule has 1 heterocycles. The van der Waals surface area contributed by atoms with E-state index in [9.17, 15) is 8.42 Å². The summed E-state index contributed by atoms with van der Waals surface area (Å²) in [5.74, 6) is 0.617. The van der Waals surface area contributed by atoms with Gasteiger partial charge in [-0.1, -0.05) is 35.4 Å². The molecule has 3 rings (SSSR count). The third kappa shape index (κ3) is 6.95. The fourth-order valence-corrected chi connectivity index (χ4v) is 4.66. The van der Waals surface area contributed by atoms with Crippen molar-refractivity contribution in [3.05, 3.63) is 70.6 Å². The molecule has 0 radical (unpaired) electrons. The Labute approximate surface area is 182 Å². The molecule has 1 aliphatic rings. The van der Waals surface area contributed by atoms with Crippen molar-refractivity contribution >= 4 is 10.0 Å². The van der Waals surface area contributed by atoms with E-state index in [4.69, 9.17) is 19.7 Å². The van der Waals surface area contributed by atoms with Crippen LogP contribution in [0.1, 0.15) is 12.0 Å². The van der Waals surface area contributed by atoms with Gasteiger partial charge in [0, 0.05) is 24.5 Å². The summed E-state index contributed by atoms with van der Waals surface area (Å²) in [5.41, 5.74) is 9.23. The molecule has 1 saturated heterocycles. The van der Waals surface area contributed by atoms with Crippen molar-refractivity contribution in [2.45, 2.75) is 24.0 Å². The molecule has 166 valence electrons. The van der Waals surface area contributed by atoms with Crippen molar-refractivity contribution in [2.75, 3.05) is 39.5 Å². The van der Waals surface area contributed by atoms with Crippen LogP contribution in [0.5, 0.6) is 5.75 Å². The quantitative estimate of drug-likeness (QED) is 0.215. The zero-order valence-electron chi connectivity index (χ0n) is 17.2. The zero-order valence-corrected chi connectivity index (χ0v) is 18.0. The van der Waals surface area contributed by atoms with E-state index in [0.717, 1.165) is 5.56 Å². The molecule has 1 atom stereocenters. The standard InChI is InChI=1S/C21H26N4O5S/c22-24-23-11-13-28-14-15-29-20-10-12-25(16-20)31(26,27)21-8-6-19(7-9-21)30-17-18-4-2-1-3-5-18/h1-9,20H,10-17H2/t20-/m1/s1. The van der Waals surface area contributed by atoms with Crippen molar-refractivity contribution < 1.29 is 22.6 Å². The molecule has 0 aliphatic carbocycles. The Morgan fingerprint density at radius 1 is 1.06 bits per heavy atom. The van der Waals surface area contributed by atoms with Crippen LogP contribution in [0.3, 0.4) is 0 Å². The first kappa shape index (κ1) is 23.1. The second-order valence-electron chi connectivity index (χ2n) is 6.96. The van der Waals surface area contributed by atoms with Crippen LogP contribution < -0.4 is 4.74 Å². The number of azide groups is 1. The molecule has 1 aliphatic heterocycles.